The molecule has 1 aliphatic carbocycles. The van der Waals surface area contributed by atoms with E-state index < -0.39 is 0 Å². The molecule has 1 aromatic rings. The van der Waals surface area contributed by atoms with Gasteiger partial charge in [0.05, 0.1) is 0 Å². The molecule has 0 spiro atoms. The zero-order valence-corrected chi connectivity index (χ0v) is 17.0. The zero-order valence-electron chi connectivity index (χ0n) is 17.0. The van der Waals surface area contributed by atoms with Gasteiger partial charge < -0.3 is 20.3 Å². The van der Waals surface area contributed by atoms with Gasteiger partial charge in [0.1, 0.15) is 0 Å². The highest BCUT2D eigenvalue weighted by atomic mass is 16.5. The minimum absolute atomic E-state index is 0.359. The Hall–Kier alpha value is -1.75. The molecule has 0 heterocycles. The smallest absolute Gasteiger partial charge is 0.191 e. The van der Waals surface area contributed by atoms with Crippen LogP contribution >= 0.6 is 0 Å². The first-order chi connectivity index (χ1) is 12.6. The Bertz CT molecular complexity index is 565. The lowest BCUT2D eigenvalue weighted by Crippen LogP contribution is -2.43. The predicted molar refractivity (Wildman–Crippen MR) is 111 cm³/mol. The van der Waals surface area contributed by atoms with Crippen molar-refractivity contribution in [3.05, 3.63) is 29.8 Å². The number of hydrogen-bond acceptors (Lipinski definition) is 3. The fourth-order valence-electron chi connectivity index (χ4n) is 3.70. The maximum absolute atomic E-state index is 5.61. The second-order valence-corrected chi connectivity index (χ2v) is 7.50. The molecule has 2 N–H and O–H groups in total. The molecule has 0 amide bonds. The Morgan fingerprint density at radius 3 is 2.65 bits per heavy atom. The van der Waals surface area contributed by atoms with Crippen LogP contribution < -0.4 is 15.5 Å². The number of nitrogens with one attached hydrogen (secondary N) is 2. The van der Waals surface area contributed by atoms with Gasteiger partial charge in [0.25, 0.3) is 0 Å². The summed E-state index contributed by atoms with van der Waals surface area (Å²) in [6, 6.07) is 8.58. The molecule has 0 aromatic heterocycles. The van der Waals surface area contributed by atoms with Crippen molar-refractivity contribution in [1.29, 1.82) is 0 Å². The molecule has 26 heavy (non-hydrogen) atoms. The minimum atomic E-state index is 0.359. The van der Waals surface area contributed by atoms with Gasteiger partial charge in [-0.1, -0.05) is 25.0 Å². The molecule has 0 unspecified atom stereocenters. The third-order valence-electron chi connectivity index (χ3n) is 5.39. The summed E-state index contributed by atoms with van der Waals surface area (Å²) in [6.07, 6.45) is 6.37. The highest BCUT2D eigenvalue weighted by Crippen LogP contribution is 2.40. The number of nitrogens with zero attached hydrogens (tertiary/aromatic N) is 2. The molecule has 0 atom stereocenters. The van der Waals surface area contributed by atoms with E-state index in [1.54, 1.807) is 0 Å². The van der Waals surface area contributed by atoms with Crippen molar-refractivity contribution in [2.45, 2.75) is 45.6 Å². The van der Waals surface area contributed by atoms with Crippen molar-refractivity contribution < 1.29 is 4.74 Å². The maximum atomic E-state index is 5.61. The molecule has 5 heteroatoms. The average molecular weight is 361 g/mol. The van der Waals surface area contributed by atoms with Crippen molar-refractivity contribution in [1.82, 2.24) is 10.6 Å². The van der Waals surface area contributed by atoms with Gasteiger partial charge in [0, 0.05) is 53.1 Å². The third-order valence-corrected chi connectivity index (χ3v) is 5.39. The van der Waals surface area contributed by atoms with Crippen LogP contribution in [0.2, 0.25) is 0 Å². The van der Waals surface area contributed by atoms with Crippen LogP contribution in [0, 0.1) is 5.41 Å². The first-order valence-electron chi connectivity index (χ1n) is 9.87. The van der Waals surface area contributed by atoms with E-state index in [2.05, 4.69) is 65.8 Å². The van der Waals surface area contributed by atoms with Crippen LogP contribution in [0.15, 0.2) is 29.3 Å². The number of ether oxygens (including phenoxy) is 1. The standard InChI is InChI=1S/C21H36N4O/c1-5-26-14-13-21(11-6-7-12-21)17-24-20(22-2)23-16-18-9-8-10-19(15-18)25(3)4/h8-10,15H,5-7,11-14,16-17H2,1-4H3,(H2,22,23,24). The highest BCUT2D eigenvalue weighted by molar-refractivity contribution is 5.79. The molecule has 1 fully saturated rings. The number of anilines is 1. The Kier molecular flexibility index (Phi) is 8.23. The minimum Gasteiger partial charge on any atom is -0.382 e. The normalized spacial score (nSPS) is 16.5. The summed E-state index contributed by atoms with van der Waals surface area (Å²) in [5.41, 5.74) is 2.83. The van der Waals surface area contributed by atoms with E-state index in [0.717, 1.165) is 38.7 Å². The molecule has 0 bridgehead atoms. The average Bonchev–Trinajstić information content (AvgIpc) is 3.11. The Morgan fingerprint density at radius 1 is 1.23 bits per heavy atom. The second-order valence-electron chi connectivity index (χ2n) is 7.50. The fourth-order valence-corrected chi connectivity index (χ4v) is 3.70. The molecule has 0 aliphatic heterocycles. The van der Waals surface area contributed by atoms with Gasteiger partial charge in [-0.15, -0.1) is 0 Å². The Morgan fingerprint density at radius 2 is 2.00 bits per heavy atom. The summed E-state index contributed by atoms with van der Waals surface area (Å²) in [4.78, 5) is 6.53. The van der Waals surface area contributed by atoms with Crippen LogP contribution in [0.25, 0.3) is 0 Å². The third kappa shape index (κ3) is 6.20. The highest BCUT2D eigenvalue weighted by Gasteiger charge is 2.33. The summed E-state index contributed by atoms with van der Waals surface area (Å²) in [7, 11) is 5.97. The summed E-state index contributed by atoms with van der Waals surface area (Å²) in [5.74, 6) is 0.878. The molecule has 1 saturated carbocycles. The molecule has 1 aliphatic rings. The molecule has 0 saturated heterocycles. The van der Waals surface area contributed by atoms with Crippen molar-refractivity contribution in [2.24, 2.45) is 10.4 Å². The van der Waals surface area contributed by atoms with Crippen molar-refractivity contribution in [3.63, 3.8) is 0 Å². The van der Waals surface area contributed by atoms with E-state index in [9.17, 15) is 0 Å². The first-order valence-corrected chi connectivity index (χ1v) is 9.87. The molecule has 146 valence electrons. The van der Waals surface area contributed by atoms with Gasteiger partial charge in [-0.25, -0.2) is 0 Å². The van der Waals surface area contributed by atoms with Gasteiger partial charge in [0.15, 0.2) is 5.96 Å². The Labute approximate surface area is 159 Å². The number of aliphatic imine (C=N–C) groups is 1. The van der Waals surface area contributed by atoms with Gasteiger partial charge >= 0.3 is 0 Å². The summed E-state index contributed by atoms with van der Waals surface area (Å²) in [5, 5.41) is 7.01. The lowest BCUT2D eigenvalue weighted by molar-refractivity contribution is 0.105. The van der Waals surface area contributed by atoms with E-state index in [4.69, 9.17) is 4.74 Å². The van der Waals surface area contributed by atoms with Crippen molar-refractivity contribution in [2.75, 3.05) is 45.8 Å². The zero-order chi connectivity index (χ0) is 18.8. The summed E-state index contributed by atoms with van der Waals surface area (Å²) in [6.45, 7) is 5.47. The number of rotatable bonds is 9. The van der Waals surface area contributed by atoms with Crippen LogP contribution in [0.3, 0.4) is 0 Å². The molecule has 1 aromatic carbocycles. The van der Waals surface area contributed by atoms with E-state index >= 15 is 0 Å². The lowest BCUT2D eigenvalue weighted by atomic mass is 9.83. The summed E-state index contributed by atoms with van der Waals surface area (Å²) < 4.78 is 5.61. The first kappa shape index (κ1) is 20.6. The lowest BCUT2D eigenvalue weighted by Gasteiger charge is -2.30. The van der Waals surface area contributed by atoms with Crippen LogP contribution in [0.5, 0.6) is 0 Å². The fraction of sp³-hybridized carbons (Fsp3) is 0.667. The van der Waals surface area contributed by atoms with Gasteiger partial charge in [-0.2, -0.15) is 0 Å². The van der Waals surface area contributed by atoms with E-state index in [0.29, 0.717) is 5.41 Å². The quantitative estimate of drug-likeness (QED) is 0.403. The van der Waals surface area contributed by atoms with Crippen LogP contribution in [0.1, 0.15) is 44.6 Å². The monoisotopic (exact) mass is 360 g/mol. The number of hydrogen-bond donors (Lipinski definition) is 2. The SMILES string of the molecule is CCOCCC1(CNC(=NC)NCc2cccc(N(C)C)c2)CCCC1. The topological polar surface area (TPSA) is 48.9 Å². The van der Waals surface area contributed by atoms with Crippen LogP contribution in [-0.2, 0) is 11.3 Å². The molecular formula is C21H36N4O. The van der Waals surface area contributed by atoms with Crippen LogP contribution in [-0.4, -0.2) is 46.9 Å². The predicted octanol–water partition coefficient (Wildman–Crippen LogP) is 3.40. The van der Waals surface area contributed by atoms with Gasteiger partial charge in [0.2, 0.25) is 0 Å². The van der Waals surface area contributed by atoms with E-state index in [1.807, 2.05) is 7.05 Å². The van der Waals surface area contributed by atoms with E-state index in [-0.39, 0.29) is 0 Å². The second kappa shape index (κ2) is 10.4. The van der Waals surface area contributed by atoms with E-state index in [1.165, 1.54) is 36.9 Å². The van der Waals surface area contributed by atoms with Crippen molar-refractivity contribution >= 4 is 11.6 Å². The van der Waals surface area contributed by atoms with Crippen LogP contribution in [0.4, 0.5) is 5.69 Å². The number of benzene rings is 1. The van der Waals surface area contributed by atoms with Crippen molar-refractivity contribution in [3.8, 4) is 0 Å². The molecule has 2 rings (SSSR count). The summed E-state index contributed by atoms with van der Waals surface area (Å²) >= 11 is 0. The number of guanidine groups is 1. The molecular weight excluding hydrogens is 324 g/mol. The van der Waals surface area contributed by atoms with Gasteiger partial charge in [-0.3, -0.25) is 4.99 Å². The maximum Gasteiger partial charge on any atom is 0.191 e. The largest absolute Gasteiger partial charge is 0.382 e. The Balaban J connectivity index is 1.85. The molecule has 5 nitrogen and oxygen atoms in total. The molecule has 0 radical (unpaired) electrons. The van der Waals surface area contributed by atoms with Gasteiger partial charge in [-0.05, 0) is 49.3 Å².